The Hall–Kier alpha value is -1.89. The molecule has 0 aliphatic rings. The van der Waals surface area contributed by atoms with E-state index in [0.717, 1.165) is 4.88 Å². The molecule has 1 aromatic heterocycles. The highest BCUT2D eigenvalue weighted by atomic mass is 32.1. The standard InChI is InChI=1S/C10H12N2O4S/c1-16-10(15)12-11-7(4-5-9(13)14)8-3-2-6-17-8/h2-3,6H,4-5H2,1H3,(H,12,15)(H,13,14)/p-1/b11-7-. The van der Waals surface area contributed by atoms with Crippen molar-refractivity contribution in [3.05, 3.63) is 22.4 Å². The summed E-state index contributed by atoms with van der Waals surface area (Å²) in [5.74, 6) is -1.16. The molecule has 0 unspecified atom stereocenters. The van der Waals surface area contributed by atoms with E-state index < -0.39 is 12.1 Å². The number of hydrazone groups is 1. The topological polar surface area (TPSA) is 90.8 Å². The molecule has 1 rings (SSSR count). The number of carbonyl (C=O) groups excluding carboxylic acids is 2. The van der Waals surface area contributed by atoms with Crippen LogP contribution in [-0.4, -0.2) is 24.9 Å². The van der Waals surface area contributed by atoms with Crippen LogP contribution in [0.2, 0.25) is 0 Å². The molecule has 7 heteroatoms. The van der Waals surface area contributed by atoms with Gasteiger partial charge in [0.25, 0.3) is 0 Å². The minimum atomic E-state index is -1.16. The molecule has 0 fully saturated rings. The second-order valence-electron chi connectivity index (χ2n) is 3.01. The quantitative estimate of drug-likeness (QED) is 0.606. The third kappa shape index (κ3) is 4.64. The van der Waals surface area contributed by atoms with Crippen LogP contribution in [0.1, 0.15) is 17.7 Å². The third-order valence-electron chi connectivity index (χ3n) is 1.84. The number of hydrogen-bond acceptors (Lipinski definition) is 6. The summed E-state index contributed by atoms with van der Waals surface area (Å²) < 4.78 is 4.36. The minimum absolute atomic E-state index is 0.153. The minimum Gasteiger partial charge on any atom is -0.550 e. The van der Waals surface area contributed by atoms with Gasteiger partial charge >= 0.3 is 6.09 Å². The van der Waals surface area contributed by atoms with Gasteiger partial charge in [0.1, 0.15) is 0 Å². The van der Waals surface area contributed by atoms with Gasteiger partial charge in [-0.25, -0.2) is 10.2 Å². The van der Waals surface area contributed by atoms with Crippen molar-refractivity contribution in [3.63, 3.8) is 0 Å². The zero-order valence-corrected chi connectivity index (χ0v) is 9.95. The zero-order valence-electron chi connectivity index (χ0n) is 9.13. The van der Waals surface area contributed by atoms with Gasteiger partial charge in [0.15, 0.2) is 0 Å². The zero-order chi connectivity index (χ0) is 12.7. The van der Waals surface area contributed by atoms with E-state index in [-0.39, 0.29) is 12.8 Å². The highest BCUT2D eigenvalue weighted by molar-refractivity contribution is 7.12. The smallest absolute Gasteiger partial charge is 0.427 e. The maximum absolute atomic E-state index is 10.9. The first-order valence-corrected chi connectivity index (χ1v) is 5.65. The fourth-order valence-corrected chi connectivity index (χ4v) is 1.80. The molecule has 0 aromatic carbocycles. The van der Waals surface area contributed by atoms with Crippen LogP contribution >= 0.6 is 11.3 Å². The van der Waals surface area contributed by atoms with Crippen LogP contribution in [-0.2, 0) is 9.53 Å². The van der Waals surface area contributed by atoms with E-state index >= 15 is 0 Å². The van der Waals surface area contributed by atoms with E-state index in [2.05, 4.69) is 15.3 Å². The van der Waals surface area contributed by atoms with Gasteiger partial charge in [0, 0.05) is 5.97 Å². The summed E-state index contributed by atoms with van der Waals surface area (Å²) in [4.78, 5) is 22.0. The molecule has 1 amide bonds. The summed E-state index contributed by atoms with van der Waals surface area (Å²) in [5, 5.41) is 16.0. The number of thiophene rings is 1. The van der Waals surface area contributed by atoms with E-state index in [1.165, 1.54) is 18.4 Å². The van der Waals surface area contributed by atoms with Crippen molar-refractivity contribution in [2.45, 2.75) is 12.8 Å². The summed E-state index contributed by atoms with van der Waals surface area (Å²) in [7, 11) is 1.22. The molecule has 17 heavy (non-hydrogen) atoms. The van der Waals surface area contributed by atoms with Gasteiger partial charge in [-0.2, -0.15) is 5.10 Å². The van der Waals surface area contributed by atoms with E-state index in [9.17, 15) is 14.7 Å². The van der Waals surface area contributed by atoms with Crippen LogP contribution in [0.5, 0.6) is 0 Å². The molecule has 0 saturated carbocycles. The van der Waals surface area contributed by atoms with Crippen molar-refractivity contribution < 1.29 is 19.4 Å². The number of carboxylic acid groups (broad SMARTS) is 1. The van der Waals surface area contributed by atoms with E-state index in [1.54, 1.807) is 6.07 Å². The highest BCUT2D eigenvalue weighted by Gasteiger charge is 2.06. The number of ether oxygens (including phenoxy) is 1. The SMILES string of the molecule is COC(=O)N/N=C(/CCC(=O)[O-])c1cccs1. The van der Waals surface area contributed by atoms with Crippen LogP contribution in [0.4, 0.5) is 4.79 Å². The van der Waals surface area contributed by atoms with E-state index in [1.807, 2.05) is 11.4 Å². The van der Waals surface area contributed by atoms with Crippen molar-refractivity contribution in [2.75, 3.05) is 7.11 Å². The molecule has 0 radical (unpaired) electrons. The van der Waals surface area contributed by atoms with Gasteiger partial charge in [-0.15, -0.1) is 11.3 Å². The summed E-state index contributed by atoms with van der Waals surface area (Å²) in [6.07, 6.45) is -0.667. The Morgan fingerprint density at radius 3 is 2.82 bits per heavy atom. The molecule has 0 saturated heterocycles. The number of methoxy groups -OCH3 is 1. The number of carboxylic acids is 1. The molecule has 0 spiro atoms. The number of rotatable bonds is 5. The van der Waals surface area contributed by atoms with Crippen molar-refractivity contribution in [1.29, 1.82) is 0 Å². The third-order valence-corrected chi connectivity index (χ3v) is 2.76. The van der Waals surface area contributed by atoms with Crippen LogP contribution < -0.4 is 10.5 Å². The monoisotopic (exact) mass is 255 g/mol. The lowest BCUT2D eigenvalue weighted by Gasteiger charge is -2.05. The van der Waals surface area contributed by atoms with Gasteiger partial charge in [0.2, 0.25) is 0 Å². The fourth-order valence-electron chi connectivity index (χ4n) is 1.06. The number of nitrogens with zero attached hydrogens (tertiary/aromatic N) is 1. The maximum atomic E-state index is 10.9. The molecule has 1 heterocycles. The van der Waals surface area contributed by atoms with Crippen LogP contribution in [0.25, 0.3) is 0 Å². The summed E-state index contributed by atoms with van der Waals surface area (Å²) in [6, 6.07) is 3.60. The molecule has 1 N–H and O–H groups in total. The van der Waals surface area contributed by atoms with E-state index in [4.69, 9.17) is 0 Å². The van der Waals surface area contributed by atoms with Gasteiger partial charge in [0.05, 0.1) is 17.7 Å². The van der Waals surface area contributed by atoms with Gasteiger partial charge in [-0.3, -0.25) is 0 Å². The Labute approximate surface area is 102 Å². The summed E-state index contributed by atoms with van der Waals surface area (Å²) in [5.41, 5.74) is 2.65. The lowest BCUT2D eigenvalue weighted by molar-refractivity contribution is -0.305. The van der Waals surface area contributed by atoms with Crippen molar-refractivity contribution in [1.82, 2.24) is 5.43 Å². The molecule has 0 aliphatic heterocycles. The van der Waals surface area contributed by atoms with E-state index in [0.29, 0.717) is 5.71 Å². The van der Waals surface area contributed by atoms with Crippen LogP contribution in [0.15, 0.2) is 22.6 Å². The fraction of sp³-hybridized carbons (Fsp3) is 0.300. The Morgan fingerprint density at radius 2 is 2.29 bits per heavy atom. The summed E-state index contributed by atoms with van der Waals surface area (Å²) in [6.45, 7) is 0. The van der Waals surface area contributed by atoms with Gasteiger partial charge in [-0.05, 0) is 24.3 Å². The molecule has 0 atom stereocenters. The van der Waals surface area contributed by atoms with Crippen molar-refractivity contribution in [2.24, 2.45) is 5.10 Å². The van der Waals surface area contributed by atoms with Gasteiger partial charge < -0.3 is 14.6 Å². The second-order valence-corrected chi connectivity index (χ2v) is 3.96. The number of nitrogens with one attached hydrogen (secondary N) is 1. The first-order chi connectivity index (χ1) is 8.13. The normalized spacial score (nSPS) is 11.0. The molecular formula is C10H11N2O4S-. The molecule has 1 aromatic rings. The summed E-state index contributed by atoms with van der Waals surface area (Å²) >= 11 is 1.41. The Morgan fingerprint density at radius 1 is 1.53 bits per heavy atom. The number of amides is 1. The Balaban J connectivity index is 2.72. The highest BCUT2D eigenvalue weighted by Crippen LogP contribution is 2.13. The van der Waals surface area contributed by atoms with Crippen molar-refractivity contribution >= 4 is 29.1 Å². The van der Waals surface area contributed by atoms with Gasteiger partial charge in [-0.1, -0.05) is 6.07 Å². The molecule has 92 valence electrons. The Bertz CT molecular complexity index is 414. The predicted octanol–water partition coefficient (Wildman–Crippen LogP) is 0.338. The van der Waals surface area contributed by atoms with Crippen LogP contribution in [0, 0.1) is 0 Å². The maximum Gasteiger partial charge on any atom is 0.427 e. The lowest BCUT2D eigenvalue weighted by Crippen LogP contribution is -2.24. The molecule has 6 nitrogen and oxygen atoms in total. The lowest BCUT2D eigenvalue weighted by atomic mass is 10.2. The van der Waals surface area contributed by atoms with Crippen molar-refractivity contribution in [3.8, 4) is 0 Å². The first-order valence-electron chi connectivity index (χ1n) is 4.77. The molecule has 0 aliphatic carbocycles. The number of aliphatic carboxylic acids is 1. The average molecular weight is 255 g/mol. The largest absolute Gasteiger partial charge is 0.550 e. The predicted molar refractivity (Wildman–Crippen MR) is 60.6 cm³/mol. The van der Waals surface area contributed by atoms with Crippen LogP contribution in [0.3, 0.4) is 0 Å². The number of hydrogen-bond donors (Lipinski definition) is 1. The second kappa shape index (κ2) is 6.64. The molecular weight excluding hydrogens is 244 g/mol. The average Bonchev–Trinajstić information content (AvgIpc) is 2.81. The Kier molecular flexibility index (Phi) is 5.15. The molecule has 0 bridgehead atoms. The first kappa shape index (κ1) is 13.2. The number of carbonyl (C=O) groups is 2.